The highest BCUT2D eigenvalue weighted by Gasteiger charge is 2.33. The van der Waals surface area contributed by atoms with Crippen molar-refractivity contribution in [2.24, 2.45) is 5.92 Å². The molecule has 0 fully saturated rings. The number of hydrogen-bond donors (Lipinski definition) is 1. The summed E-state index contributed by atoms with van der Waals surface area (Å²) in [7, 11) is 0. The number of rotatable bonds is 17. The number of benzene rings is 2. The van der Waals surface area contributed by atoms with Gasteiger partial charge in [0.25, 0.3) is 0 Å². The van der Waals surface area contributed by atoms with Gasteiger partial charge in [-0.3, -0.25) is 4.79 Å². The highest BCUT2D eigenvalue weighted by molar-refractivity contribution is 5.91. The Balaban J connectivity index is 1.34. The summed E-state index contributed by atoms with van der Waals surface area (Å²) >= 11 is 0. The van der Waals surface area contributed by atoms with Gasteiger partial charge in [-0.25, -0.2) is 0 Å². The number of nitrogens with zero attached hydrogens (tertiary/aromatic N) is 1. The van der Waals surface area contributed by atoms with Crippen molar-refractivity contribution in [2.75, 3.05) is 37.7 Å². The third-order valence-electron chi connectivity index (χ3n) is 7.27. The van der Waals surface area contributed by atoms with E-state index in [1.54, 1.807) is 0 Å². The molecule has 0 bridgehead atoms. The van der Waals surface area contributed by atoms with Gasteiger partial charge in [0.05, 0.1) is 5.92 Å². The molecule has 0 aromatic heterocycles. The first kappa shape index (κ1) is 27.0. The maximum atomic E-state index is 12.6. The first-order valence-electron chi connectivity index (χ1n) is 13.6. The zero-order valence-electron chi connectivity index (χ0n) is 21.8. The minimum absolute atomic E-state index is 0.0162. The molecular weight excluding hydrogens is 432 g/mol. The van der Waals surface area contributed by atoms with Crippen molar-refractivity contribution < 1.29 is 9.53 Å². The number of fused-ring (bicyclic) bond motifs is 1. The third kappa shape index (κ3) is 7.96. The summed E-state index contributed by atoms with van der Waals surface area (Å²) in [6, 6.07) is 16.3. The molecule has 4 heteroatoms. The van der Waals surface area contributed by atoms with Crippen LogP contribution in [0.1, 0.15) is 75.8 Å². The van der Waals surface area contributed by atoms with Crippen molar-refractivity contribution in [3.05, 3.63) is 66.2 Å². The number of hydrogen-bond acceptors (Lipinski definition) is 4. The predicted octanol–water partition coefficient (Wildman–Crippen LogP) is 6.86. The van der Waals surface area contributed by atoms with Crippen molar-refractivity contribution in [3.8, 4) is 5.75 Å². The monoisotopic (exact) mass is 476 g/mol. The number of nitrogens with one attached hydrogen (secondary N) is 1. The van der Waals surface area contributed by atoms with Crippen LogP contribution in [-0.2, 0) is 4.79 Å². The van der Waals surface area contributed by atoms with Gasteiger partial charge in [-0.05, 0) is 55.0 Å². The van der Waals surface area contributed by atoms with Crippen molar-refractivity contribution in [3.63, 3.8) is 0 Å². The number of anilines is 1. The Hall–Kier alpha value is -2.59. The molecule has 0 spiro atoms. The molecular formula is C31H44N2O2. The average molecular weight is 477 g/mol. The Morgan fingerprint density at radius 1 is 1.09 bits per heavy atom. The van der Waals surface area contributed by atoms with E-state index >= 15 is 0 Å². The second-order valence-electron chi connectivity index (χ2n) is 9.63. The molecule has 2 aromatic carbocycles. The summed E-state index contributed by atoms with van der Waals surface area (Å²) in [5.74, 6) is 2.08. The normalized spacial score (nSPS) is 15.6. The number of unbranched alkanes of at least 4 members (excludes halogenated alkanes) is 1. The fourth-order valence-corrected chi connectivity index (χ4v) is 5.21. The van der Waals surface area contributed by atoms with E-state index in [1.807, 2.05) is 43.3 Å². The molecule has 1 N–H and O–H groups in total. The topological polar surface area (TPSA) is 41.6 Å². The molecule has 1 aliphatic heterocycles. The first-order chi connectivity index (χ1) is 17.2. The summed E-state index contributed by atoms with van der Waals surface area (Å²) in [5, 5.41) is 3.50. The summed E-state index contributed by atoms with van der Waals surface area (Å²) in [6.07, 6.45) is 9.98. The molecule has 2 aromatic rings. The lowest BCUT2D eigenvalue weighted by atomic mass is 9.94. The summed E-state index contributed by atoms with van der Waals surface area (Å²) in [4.78, 5) is 15.0. The van der Waals surface area contributed by atoms with Crippen molar-refractivity contribution in [2.45, 2.75) is 64.7 Å². The number of carbonyl (C=O) groups excluding carboxylic acids is 1. The van der Waals surface area contributed by atoms with Gasteiger partial charge in [0.15, 0.2) is 0 Å². The quantitative estimate of drug-likeness (QED) is 0.253. The Morgan fingerprint density at radius 3 is 2.63 bits per heavy atom. The Labute approximate surface area is 212 Å². The zero-order chi connectivity index (χ0) is 24.9. The molecule has 2 unspecified atom stereocenters. The maximum Gasteiger partial charge on any atom is 0.141 e. The van der Waals surface area contributed by atoms with Crippen LogP contribution in [0.25, 0.3) is 6.08 Å². The minimum atomic E-state index is 0.0162. The molecule has 2 atom stereocenters. The van der Waals surface area contributed by atoms with Crippen LogP contribution < -0.4 is 15.0 Å². The first-order valence-corrected chi connectivity index (χ1v) is 13.6. The van der Waals surface area contributed by atoms with E-state index < -0.39 is 0 Å². The van der Waals surface area contributed by atoms with E-state index in [1.165, 1.54) is 49.8 Å². The highest BCUT2D eigenvalue weighted by atomic mass is 16.5. The molecule has 0 aliphatic carbocycles. The van der Waals surface area contributed by atoms with E-state index in [0.29, 0.717) is 18.8 Å². The molecule has 190 valence electrons. The smallest absolute Gasteiger partial charge is 0.141 e. The predicted molar refractivity (Wildman–Crippen MR) is 148 cm³/mol. The summed E-state index contributed by atoms with van der Waals surface area (Å²) < 4.78 is 5.73. The summed E-state index contributed by atoms with van der Waals surface area (Å²) in [5.41, 5.74) is 3.59. The third-order valence-corrected chi connectivity index (χ3v) is 7.27. The average Bonchev–Trinajstić information content (AvgIpc) is 3.28. The fraction of sp³-hybridized carbons (Fsp3) is 0.516. The Kier molecular flexibility index (Phi) is 11.4. The molecule has 35 heavy (non-hydrogen) atoms. The maximum absolute atomic E-state index is 12.6. The lowest BCUT2D eigenvalue weighted by molar-refractivity contribution is -0.119. The van der Waals surface area contributed by atoms with Crippen LogP contribution in [0.15, 0.2) is 55.1 Å². The van der Waals surface area contributed by atoms with Gasteiger partial charge in [-0.15, -0.1) is 0 Å². The van der Waals surface area contributed by atoms with Crippen LogP contribution in [0.5, 0.6) is 5.75 Å². The van der Waals surface area contributed by atoms with Crippen LogP contribution in [0.3, 0.4) is 0 Å². The van der Waals surface area contributed by atoms with E-state index in [0.717, 1.165) is 43.4 Å². The standard InChI is InChI=1S/C31H44N2O2/c1-4-25(14-10-11-20-32-21-23-35-27-17-8-7-9-18-27)15-13-22-33-24-29(30(34)6-3)28-19-12-16-26(5-2)31(28)33/h5,7-9,12,16-19,25,29,32H,2,4,6,10-11,13-15,20-24H2,1,3H3. The fourth-order valence-electron chi connectivity index (χ4n) is 5.21. The van der Waals surface area contributed by atoms with Gasteiger partial charge in [-0.2, -0.15) is 0 Å². The van der Waals surface area contributed by atoms with Crippen molar-refractivity contribution in [1.82, 2.24) is 5.32 Å². The van der Waals surface area contributed by atoms with Crippen molar-refractivity contribution in [1.29, 1.82) is 0 Å². The second kappa shape index (κ2) is 14.7. The van der Waals surface area contributed by atoms with Gasteiger partial charge >= 0.3 is 0 Å². The summed E-state index contributed by atoms with van der Waals surface area (Å²) in [6.45, 7) is 12.8. The number of Topliss-reactive ketones (excluding diaryl/α,β-unsaturated/α-hetero) is 1. The molecule has 0 saturated heterocycles. The second-order valence-corrected chi connectivity index (χ2v) is 9.63. The van der Waals surface area contributed by atoms with E-state index in [2.05, 4.69) is 41.9 Å². The van der Waals surface area contributed by atoms with Gasteiger partial charge < -0.3 is 15.0 Å². The molecule has 4 nitrogen and oxygen atoms in total. The van der Waals surface area contributed by atoms with Gasteiger partial charge in [0.2, 0.25) is 0 Å². The molecule has 0 saturated carbocycles. The Bertz CT molecular complexity index is 911. The highest BCUT2D eigenvalue weighted by Crippen LogP contribution is 2.40. The number of ether oxygens (including phenoxy) is 1. The van der Waals surface area contributed by atoms with Crippen LogP contribution in [0.4, 0.5) is 5.69 Å². The van der Waals surface area contributed by atoms with Gasteiger partial charge in [0, 0.05) is 31.7 Å². The van der Waals surface area contributed by atoms with Gasteiger partial charge in [0.1, 0.15) is 18.1 Å². The molecule has 0 radical (unpaired) electrons. The van der Waals surface area contributed by atoms with Crippen molar-refractivity contribution >= 4 is 17.5 Å². The van der Waals surface area contributed by atoms with Crippen LogP contribution in [0, 0.1) is 5.92 Å². The molecule has 0 amide bonds. The minimum Gasteiger partial charge on any atom is -0.492 e. The number of ketones is 1. The number of para-hydroxylation sites is 2. The largest absolute Gasteiger partial charge is 0.492 e. The van der Waals surface area contributed by atoms with E-state index in [4.69, 9.17) is 4.74 Å². The lowest BCUT2D eigenvalue weighted by Gasteiger charge is -2.23. The van der Waals surface area contributed by atoms with Crippen LogP contribution in [0.2, 0.25) is 0 Å². The lowest BCUT2D eigenvalue weighted by Crippen LogP contribution is -2.26. The van der Waals surface area contributed by atoms with Crippen LogP contribution >= 0.6 is 0 Å². The molecule has 3 rings (SSSR count). The van der Waals surface area contributed by atoms with Crippen LogP contribution in [-0.4, -0.2) is 38.6 Å². The van der Waals surface area contributed by atoms with Gasteiger partial charge in [-0.1, -0.05) is 82.2 Å². The SMILES string of the molecule is C=Cc1cccc2c1N(CCCC(CC)CCCCNCCOc1ccccc1)CC2C(=O)CC. The zero-order valence-corrected chi connectivity index (χ0v) is 21.8. The number of carbonyl (C=O) groups is 1. The Morgan fingerprint density at radius 2 is 1.89 bits per heavy atom. The molecule has 1 heterocycles. The van der Waals surface area contributed by atoms with E-state index in [-0.39, 0.29) is 5.92 Å². The van der Waals surface area contributed by atoms with E-state index in [9.17, 15) is 4.79 Å². The molecule has 1 aliphatic rings.